The highest BCUT2D eigenvalue weighted by Crippen LogP contribution is 2.26. The van der Waals surface area contributed by atoms with Crippen LogP contribution in [0.25, 0.3) is 0 Å². The number of nitrogens with one attached hydrogen (secondary N) is 1. The van der Waals surface area contributed by atoms with E-state index in [0.717, 1.165) is 45.4 Å². The molecular formula is C14H26N2O2. The fourth-order valence-corrected chi connectivity index (χ4v) is 3.21. The van der Waals surface area contributed by atoms with E-state index in [1.807, 2.05) is 0 Å². The van der Waals surface area contributed by atoms with Gasteiger partial charge in [-0.3, -0.25) is 4.79 Å². The van der Waals surface area contributed by atoms with Gasteiger partial charge < -0.3 is 15.8 Å². The van der Waals surface area contributed by atoms with Crippen molar-refractivity contribution in [1.82, 2.24) is 5.32 Å². The van der Waals surface area contributed by atoms with Crippen LogP contribution >= 0.6 is 0 Å². The molecule has 1 amide bonds. The van der Waals surface area contributed by atoms with E-state index in [2.05, 4.69) is 5.32 Å². The second-order valence-corrected chi connectivity index (χ2v) is 5.74. The largest absolute Gasteiger partial charge is 0.381 e. The van der Waals surface area contributed by atoms with E-state index < -0.39 is 0 Å². The highest BCUT2D eigenvalue weighted by molar-refractivity contribution is 5.80. The maximum Gasteiger partial charge on any atom is 0.234 e. The first kappa shape index (κ1) is 13.8. The number of nitrogens with two attached hydrogens (primary N) is 1. The molecule has 1 heterocycles. The Morgan fingerprint density at radius 1 is 1.17 bits per heavy atom. The second-order valence-electron chi connectivity index (χ2n) is 5.74. The molecule has 4 nitrogen and oxygen atoms in total. The van der Waals surface area contributed by atoms with Gasteiger partial charge in [0.15, 0.2) is 0 Å². The molecule has 18 heavy (non-hydrogen) atoms. The lowest BCUT2D eigenvalue weighted by molar-refractivity contribution is -0.121. The van der Waals surface area contributed by atoms with Gasteiger partial charge in [0, 0.05) is 13.2 Å². The third-order valence-electron chi connectivity index (χ3n) is 4.40. The lowest BCUT2D eigenvalue weighted by Crippen LogP contribution is -2.49. The van der Waals surface area contributed by atoms with Gasteiger partial charge in [-0.1, -0.05) is 19.3 Å². The first-order valence-corrected chi connectivity index (χ1v) is 7.38. The topological polar surface area (TPSA) is 64.4 Å². The van der Waals surface area contributed by atoms with Gasteiger partial charge in [-0.25, -0.2) is 0 Å². The standard InChI is InChI=1S/C14H26N2O2/c15-14(17)13(12-4-2-1-3-5-12)16-10-11-6-8-18-9-7-11/h11-13,16H,1-10H2,(H2,15,17). The first-order chi connectivity index (χ1) is 8.77. The van der Waals surface area contributed by atoms with Crippen LogP contribution in [0.5, 0.6) is 0 Å². The number of hydrogen-bond donors (Lipinski definition) is 2. The van der Waals surface area contributed by atoms with Crippen molar-refractivity contribution in [3.8, 4) is 0 Å². The molecule has 0 aromatic rings. The van der Waals surface area contributed by atoms with Crippen LogP contribution < -0.4 is 11.1 Å². The van der Waals surface area contributed by atoms with Crippen molar-refractivity contribution in [1.29, 1.82) is 0 Å². The molecule has 104 valence electrons. The summed E-state index contributed by atoms with van der Waals surface area (Å²) in [6, 6.07) is -0.117. The molecule has 3 N–H and O–H groups in total. The summed E-state index contributed by atoms with van der Waals surface area (Å²) in [6.07, 6.45) is 8.29. The van der Waals surface area contributed by atoms with E-state index in [1.165, 1.54) is 19.3 Å². The predicted molar refractivity (Wildman–Crippen MR) is 71.1 cm³/mol. The minimum absolute atomic E-state index is 0.117. The lowest BCUT2D eigenvalue weighted by Gasteiger charge is -2.31. The van der Waals surface area contributed by atoms with Crippen LogP contribution in [0.3, 0.4) is 0 Å². The molecule has 1 aliphatic carbocycles. The van der Waals surface area contributed by atoms with Gasteiger partial charge in [0.25, 0.3) is 0 Å². The Kier molecular flexibility index (Phi) is 5.45. The molecule has 0 spiro atoms. The normalized spacial score (nSPS) is 24.9. The Hall–Kier alpha value is -0.610. The number of rotatable bonds is 5. The van der Waals surface area contributed by atoms with Gasteiger partial charge in [0.1, 0.15) is 0 Å². The molecule has 2 rings (SSSR count). The van der Waals surface area contributed by atoms with E-state index in [4.69, 9.17) is 10.5 Å². The molecule has 0 aromatic heterocycles. The van der Waals surface area contributed by atoms with Crippen molar-refractivity contribution in [2.24, 2.45) is 17.6 Å². The van der Waals surface area contributed by atoms with Gasteiger partial charge in [-0.2, -0.15) is 0 Å². The molecule has 2 fully saturated rings. The molecule has 1 saturated heterocycles. The fraction of sp³-hybridized carbons (Fsp3) is 0.929. The Morgan fingerprint density at radius 2 is 1.83 bits per heavy atom. The maximum atomic E-state index is 11.6. The SMILES string of the molecule is NC(=O)C(NCC1CCOCC1)C1CCCCC1. The molecule has 1 unspecified atom stereocenters. The molecular weight excluding hydrogens is 228 g/mol. The van der Waals surface area contributed by atoms with Crippen LogP contribution in [-0.4, -0.2) is 31.7 Å². The number of carbonyl (C=O) groups is 1. The zero-order valence-electron chi connectivity index (χ0n) is 11.2. The zero-order chi connectivity index (χ0) is 12.8. The molecule has 1 saturated carbocycles. The third-order valence-corrected chi connectivity index (χ3v) is 4.40. The summed E-state index contributed by atoms with van der Waals surface area (Å²) in [6.45, 7) is 2.63. The average molecular weight is 254 g/mol. The van der Waals surface area contributed by atoms with Gasteiger partial charge in [-0.15, -0.1) is 0 Å². The summed E-state index contributed by atoms with van der Waals surface area (Å²) in [5.41, 5.74) is 5.56. The minimum Gasteiger partial charge on any atom is -0.381 e. The van der Waals surface area contributed by atoms with Crippen molar-refractivity contribution in [2.45, 2.75) is 51.0 Å². The van der Waals surface area contributed by atoms with Crippen LogP contribution in [0.4, 0.5) is 0 Å². The smallest absolute Gasteiger partial charge is 0.234 e. The van der Waals surface area contributed by atoms with E-state index in [1.54, 1.807) is 0 Å². The highest BCUT2D eigenvalue weighted by atomic mass is 16.5. The van der Waals surface area contributed by atoms with Crippen LogP contribution in [0.15, 0.2) is 0 Å². The Balaban J connectivity index is 1.79. The number of ether oxygens (including phenoxy) is 1. The van der Waals surface area contributed by atoms with Crippen molar-refractivity contribution < 1.29 is 9.53 Å². The summed E-state index contributed by atoms with van der Waals surface area (Å²) >= 11 is 0. The number of hydrogen-bond acceptors (Lipinski definition) is 3. The molecule has 2 aliphatic rings. The van der Waals surface area contributed by atoms with Gasteiger partial charge >= 0.3 is 0 Å². The van der Waals surface area contributed by atoms with Crippen LogP contribution in [0.2, 0.25) is 0 Å². The van der Waals surface area contributed by atoms with Gasteiger partial charge in [0.2, 0.25) is 5.91 Å². The summed E-state index contributed by atoms with van der Waals surface area (Å²) in [5, 5.41) is 3.43. The Bertz CT molecular complexity index is 259. The fourth-order valence-electron chi connectivity index (χ4n) is 3.21. The van der Waals surface area contributed by atoms with Crippen molar-refractivity contribution in [2.75, 3.05) is 19.8 Å². The predicted octanol–water partition coefficient (Wildman–Crippen LogP) is 1.44. The minimum atomic E-state index is -0.172. The van der Waals surface area contributed by atoms with Crippen LogP contribution in [0, 0.1) is 11.8 Å². The summed E-state index contributed by atoms with van der Waals surface area (Å²) in [4.78, 5) is 11.6. The van der Waals surface area contributed by atoms with E-state index in [9.17, 15) is 4.79 Å². The zero-order valence-corrected chi connectivity index (χ0v) is 11.2. The molecule has 1 atom stereocenters. The highest BCUT2D eigenvalue weighted by Gasteiger charge is 2.28. The Morgan fingerprint density at radius 3 is 2.44 bits per heavy atom. The Labute approximate surface area is 110 Å². The second kappa shape index (κ2) is 7.10. The van der Waals surface area contributed by atoms with E-state index in [0.29, 0.717) is 11.8 Å². The molecule has 1 aliphatic heterocycles. The van der Waals surface area contributed by atoms with Crippen molar-refractivity contribution in [3.05, 3.63) is 0 Å². The van der Waals surface area contributed by atoms with E-state index in [-0.39, 0.29) is 11.9 Å². The van der Waals surface area contributed by atoms with Crippen molar-refractivity contribution >= 4 is 5.91 Å². The maximum absolute atomic E-state index is 11.6. The van der Waals surface area contributed by atoms with Gasteiger partial charge in [0.05, 0.1) is 6.04 Å². The number of carbonyl (C=O) groups excluding carboxylic acids is 1. The lowest BCUT2D eigenvalue weighted by atomic mass is 9.83. The molecule has 0 radical (unpaired) electrons. The molecule has 0 bridgehead atoms. The third kappa shape index (κ3) is 3.95. The van der Waals surface area contributed by atoms with E-state index >= 15 is 0 Å². The number of primary amides is 1. The quantitative estimate of drug-likeness (QED) is 0.780. The summed E-state index contributed by atoms with van der Waals surface area (Å²) in [7, 11) is 0. The number of amides is 1. The monoisotopic (exact) mass is 254 g/mol. The summed E-state index contributed by atoms with van der Waals surface area (Å²) in [5.74, 6) is 0.925. The summed E-state index contributed by atoms with van der Waals surface area (Å²) < 4.78 is 5.35. The molecule has 0 aromatic carbocycles. The van der Waals surface area contributed by atoms with Gasteiger partial charge in [-0.05, 0) is 44.1 Å². The van der Waals surface area contributed by atoms with Crippen LogP contribution in [0.1, 0.15) is 44.9 Å². The van der Waals surface area contributed by atoms with Crippen molar-refractivity contribution in [3.63, 3.8) is 0 Å². The first-order valence-electron chi connectivity index (χ1n) is 7.38. The average Bonchev–Trinajstić information content (AvgIpc) is 2.41. The molecule has 4 heteroatoms. The van der Waals surface area contributed by atoms with Crippen LogP contribution in [-0.2, 0) is 9.53 Å².